The van der Waals surface area contributed by atoms with Crippen molar-refractivity contribution < 1.29 is 4.79 Å². The predicted octanol–water partition coefficient (Wildman–Crippen LogP) is 3.93. The summed E-state index contributed by atoms with van der Waals surface area (Å²) in [6.07, 6.45) is 10.2. The Morgan fingerprint density at radius 3 is 2.54 bits per heavy atom. The number of nitrogens with two attached hydrogens (primary N) is 2. The molecule has 11 heteroatoms. The minimum absolute atomic E-state index is 0.385. The molecule has 0 radical (unpaired) electrons. The number of amides is 1. The number of rotatable bonds is 4. The fourth-order valence-electron chi connectivity index (χ4n) is 5.03. The molecule has 41 heavy (non-hydrogen) atoms. The number of fused-ring (bicyclic) bond motifs is 2. The van der Waals surface area contributed by atoms with Crippen LogP contribution >= 0.6 is 0 Å². The van der Waals surface area contributed by atoms with E-state index in [0.29, 0.717) is 22.9 Å². The number of nitrogen functional groups attached to an aromatic ring is 1. The van der Waals surface area contributed by atoms with Crippen molar-refractivity contribution in [2.45, 2.75) is 33.1 Å². The highest BCUT2D eigenvalue weighted by molar-refractivity contribution is 5.93. The Morgan fingerprint density at radius 2 is 1.78 bits per heavy atom. The van der Waals surface area contributed by atoms with Gasteiger partial charge in [0.1, 0.15) is 17.2 Å². The molecule has 0 atom stereocenters. The Labute approximate surface area is 235 Å². The molecule has 6 aromatic rings. The van der Waals surface area contributed by atoms with E-state index in [2.05, 4.69) is 42.8 Å². The summed E-state index contributed by atoms with van der Waals surface area (Å²) in [4.78, 5) is 32.6. The summed E-state index contributed by atoms with van der Waals surface area (Å²) in [5.74, 6) is 2.08. The molecular weight excluding hydrogens is 516 g/mol. The van der Waals surface area contributed by atoms with Crippen molar-refractivity contribution in [3.63, 3.8) is 0 Å². The van der Waals surface area contributed by atoms with Crippen LogP contribution in [0.1, 0.15) is 39.4 Å². The molecule has 1 amide bonds. The van der Waals surface area contributed by atoms with E-state index in [0.717, 1.165) is 46.9 Å². The van der Waals surface area contributed by atoms with Crippen molar-refractivity contribution in [2.75, 3.05) is 5.73 Å². The number of imidazole rings is 1. The molecule has 0 bridgehead atoms. The lowest BCUT2D eigenvalue weighted by molar-refractivity contribution is 0.0999. The molecule has 1 aromatic carbocycles. The first-order valence-electron chi connectivity index (χ1n) is 13.2. The number of carbonyl (C=O) groups is 1. The number of aromatic nitrogens is 8. The molecule has 0 fully saturated rings. The zero-order valence-electron chi connectivity index (χ0n) is 22.7. The molecule has 5 aromatic heterocycles. The number of pyridine rings is 2. The second kappa shape index (κ2) is 10.6. The molecule has 7 rings (SSSR count). The molecule has 4 N–H and O–H groups in total. The lowest BCUT2D eigenvalue weighted by atomic mass is 10.1. The highest BCUT2D eigenvalue weighted by atomic mass is 16.1. The van der Waals surface area contributed by atoms with Crippen LogP contribution in [-0.2, 0) is 12.8 Å². The minimum Gasteiger partial charge on any atom is -0.383 e. The van der Waals surface area contributed by atoms with Gasteiger partial charge in [0.2, 0.25) is 0 Å². The normalized spacial score (nSPS) is 12.1. The van der Waals surface area contributed by atoms with Crippen LogP contribution < -0.4 is 11.5 Å². The standard InChI is InChI=1S/C23H19N7.C7H9N3O/c24-21-18(6-2-11-25-21)22-27-19-9-10-20(29-13-3-12-26-29)28-23(19)30(22)17-8-7-15-4-1-5-16(15)14-17;1-4-6(7(8)11)3-9-5(2)10-4/h2-3,6-14H,1,4-5H2,(H2,24,25);3H,1-2H3,(H2,8,11). The van der Waals surface area contributed by atoms with Gasteiger partial charge >= 0.3 is 0 Å². The minimum atomic E-state index is -0.484. The zero-order valence-corrected chi connectivity index (χ0v) is 22.7. The van der Waals surface area contributed by atoms with E-state index in [1.807, 2.05) is 36.5 Å². The van der Waals surface area contributed by atoms with Gasteiger partial charge in [-0.2, -0.15) is 5.10 Å². The van der Waals surface area contributed by atoms with Gasteiger partial charge in [-0.15, -0.1) is 0 Å². The number of carbonyl (C=O) groups excluding carboxylic acids is 1. The third-order valence-corrected chi connectivity index (χ3v) is 7.01. The summed E-state index contributed by atoms with van der Waals surface area (Å²) in [6.45, 7) is 3.49. The van der Waals surface area contributed by atoms with Crippen LogP contribution in [0.25, 0.3) is 34.1 Å². The summed E-state index contributed by atoms with van der Waals surface area (Å²) in [5.41, 5.74) is 18.5. The van der Waals surface area contributed by atoms with Crippen molar-refractivity contribution in [1.82, 2.24) is 39.3 Å². The van der Waals surface area contributed by atoms with Crippen LogP contribution in [0.2, 0.25) is 0 Å². The van der Waals surface area contributed by atoms with Gasteiger partial charge in [-0.05, 0) is 86.7 Å². The smallest absolute Gasteiger partial charge is 0.252 e. The number of hydrogen-bond acceptors (Lipinski definition) is 8. The maximum absolute atomic E-state index is 10.7. The van der Waals surface area contributed by atoms with E-state index < -0.39 is 5.91 Å². The second-order valence-electron chi connectivity index (χ2n) is 9.76. The summed E-state index contributed by atoms with van der Waals surface area (Å²) >= 11 is 0. The van der Waals surface area contributed by atoms with Gasteiger partial charge in [0.15, 0.2) is 17.3 Å². The Hall–Kier alpha value is -5.45. The number of hydrogen-bond donors (Lipinski definition) is 2. The van der Waals surface area contributed by atoms with E-state index in [9.17, 15) is 4.79 Å². The Kier molecular flexibility index (Phi) is 6.68. The van der Waals surface area contributed by atoms with Crippen LogP contribution in [0.5, 0.6) is 0 Å². The monoisotopic (exact) mass is 544 g/mol. The van der Waals surface area contributed by atoms with Crippen LogP contribution in [0.4, 0.5) is 5.82 Å². The number of nitrogens with zero attached hydrogens (tertiary/aromatic N) is 8. The molecule has 0 spiro atoms. The van der Waals surface area contributed by atoms with E-state index in [-0.39, 0.29) is 0 Å². The summed E-state index contributed by atoms with van der Waals surface area (Å²) in [5, 5.41) is 4.32. The first-order valence-corrected chi connectivity index (χ1v) is 13.2. The molecule has 1 aliphatic rings. The van der Waals surface area contributed by atoms with Gasteiger partial charge in [0.05, 0.1) is 16.8 Å². The highest BCUT2D eigenvalue weighted by Gasteiger charge is 2.20. The lowest BCUT2D eigenvalue weighted by Crippen LogP contribution is -2.14. The fraction of sp³-hybridized carbons (Fsp3) is 0.167. The van der Waals surface area contributed by atoms with Crippen molar-refractivity contribution in [2.24, 2.45) is 5.73 Å². The van der Waals surface area contributed by atoms with Gasteiger partial charge in [0, 0.05) is 30.5 Å². The van der Waals surface area contributed by atoms with E-state index >= 15 is 0 Å². The van der Waals surface area contributed by atoms with Crippen LogP contribution in [0.15, 0.2) is 73.3 Å². The van der Waals surface area contributed by atoms with Crippen LogP contribution in [0.3, 0.4) is 0 Å². The largest absolute Gasteiger partial charge is 0.383 e. The molecule has 204 valence electrons. The van der Waals surface area contributed by atoms with Gasteiger partial charge in [-0.25, -0.2) is 29.6 Å². The predicted molar refractivity (Wildman–Crippen MR) is 156 cm³/mol. The summed E-state index contributed by atoms with van der Waals surface area (Å²) in [6, 6.07) is 16.2. The van der Waals surface area contributed by atoms with Crippen LogP contribution in [-0.4, -0.2) is 45.2 Å². The average molecular weight is 545 g/mol. The Balaban J connectivity index is 0.000000233. The maximum atomic E-state index is 10.7. The van der Waals surface area contributed by atoms with Gasteiger partial charge < -0.3 is 11.5 Å². The molecule has 0 unspecified atom stereocenters. The van der Waals surface area contributed by atoms with Crippen molar-refractivity contribution in [1.29, 1.82) is 0 Å². The Morgan fingerprint density at radius 1 is 0.927 bits per heavy atom. The molecule has 0 saturated carbocycles. The third kappa shape index (κ3) is 5.00. The highest BCUT2D eigenvalue weighted by Crippen LogP contribution is 2.32. The number of anilines is 1. The molecule has 11 nitrogen and oxygen atoms in total. The molecule has 0 aliphatic heterocycles. The number of aryl methyl sites for hydroxylation is 4. The maximum Gasteiger partial charge on any atom is 0.252 e. The van der Waals surface area contributed by atoms with Gasteiger partial charge in [0.25, 0.3) is 5.91 Å². The van der Waals surface area contributed by atoms with E-state index in [1.165, 1.54) is 23.7 Å². The van der Waals surface area contributed by atoms with Crippen molar-refractivity contribution >= 4 is 22.9 Å². The second-order valence-corrected chi connectivity index (χ2v) is 9.76. The molecular formula is C30H28N10O. The Bertz CT molecular complexity index is 1890. The van der Waals surface area contributed by atoms with Crippen molar-refractivity contribution in [3.8, 4) is 22.9 Å². The number of primary amides is 1. The van der Waals surface area contributed by atoms with Gasteiger partial charge in [-0.3, -0.25) is 9.36 Å². The fourth-order valence-corrected chi connectivity index (χ4v) is 5.03. The molecule has 5 heterocycles. The third-order valence-electron chi connectivity index (χ3n) is 7.01. The molecule has 0 saturated heterocycles. The average Bonchev–Trinajstić information content (AvgIpc) is 3.72. The first-order chi connectivity index (χ1) is 19.9. The summed E-state index contributed by atoms with van der Waals surface area (Å²) < 4.78 is 3.83. The first kappa shape index (κ1) is 25.8. The van der Waals surface area contributed by atoms with E-state index in [4.69, 9.17) is 21.4 Å². The molecule has 1 aliphatic carbocycles. The van der Waals surface area contributed by atoms with E-state index in [1.54, 1.807) is 30.9 Å². The zero-order chi connectivity index (χ0) is 28.5. The SMILES string of the molecule is Cc1ncc(C(N)=O)c(C)n1.Nc1ncccc1-c1nc2ccc(-n3cccn3)nc2n1-c1ccc2c(c1)CCC2. The topological polar surface area (TPSA) is 156 Å². The lowest BCUT2D eigenvalue weighted by Gasteiger charge is -2.12. The van der Waals surface area contributed by atoms with Gasteiger partial charge in [-0.1, -0.05) is 6.07 Å². The summed E-state index contributed by atoms with van der Waals surface area (Å²) in [7, 11) is 0. The van der Waals surface area contributed by atoms with Crippen LogP contribution in [0, 0.1) is 13.8 Å². The van der Waals surface area contributed by atoms with Crippen molar-refractivity contribution in [3.05, 3.63) is 102 Å². The number of benzene rings is 1. The quantitative estimate of drug-likeness (QED) is 0.338.